The molecular formula is C22H28ClN3O3S. The van der Waals surface area contributed by atoms with Crippen molar-refractivity contribution in [3.05, 3.63) is 64.7 Å². The lowest BCUT2D eigenvalue weighted by Gasteiger charge is -2.25. The van der Waals surface area contributed by atoms with E-state index in [1.807, 2.05) is 25.1 Å². The van der Waals surface area contributed by atoms with Crippen LogP contribution in [-0.4, -0.2) is 32.8 Å². The summed E-state index contributed by atoms with van der Waals surface area (Å²) in [6.07, 6.45) is 1.69. The third kappa shape index (κ3) is 6.57. The van der Waals surface area contributed by atoms with E-state index in [9.17, 15) is 13.2 Å². The second kappa shape index (κ2) is 9.62. The van der Waals surface area contributed by atoms with Crippen molar-refractivity contribution in [1.82, 2.24) is 5.43 Å². The number of hydrazone groups is 1. The Bertz CT molecular complexity index is 1030. The number of benzene rings is 2. The lowest BCUT2D eigenvalue weighted by atomic mass is 9.80. The highest BCUT2D eigenvalue weighted by Gasteiger charge is 2.24. The Labute approximate surface area is 184 Å². The number of anilines is 1. The van der Waals surface area contributed by atoms with E-state index in [1.54, 1.807) is 19.1 Å². The maximum atomic E-state index is 12.5. The summed E-state index contributed by atoms with van der Waals surface area (Å²) in [4.78, 5) is 12.5. The summed E-state index contributed by atoms with van der Waals surface area (Å²) in [5.74, 6) is -0.531. The highest BCUT2D eigenvalue weighted by molar-refractivity contribution is 7.92. The van der Waals surface area contributed by atoms with Crippen LogP contribution in [0.25, 0.3) is 0 Å². The first-order valence-electron chi connectivity index (χ1n) is 9.51. The monoisotopic (exact) mass is 449 g/mol. The fourth-order valence-electron chi connectivity index (χ4n) is 3.23. The lowest BCUT2D eigenvalue weighted by molar-refractivity contribution is -0.119. The van der Waals surface area contributed by atoms with Crippen molar-refractivity contribution in [3.8, 4) is 0 Å². The van der Waals surface area contributed by atoms with Gasteiger partial charge in [0, 0.05) is 10.7 Å². The molecule has 0 radical (unpaired) electrons. The fourth-order valence-corrected chi connectivity index (χ4v) is 4.30. The van der Waals surface area contributed by atoms with Crippen molar-refractivity contribution in [2.24, 2.45) is 5.10 Å². The highest BCUT2D eigenvalue weighted by Crippen LogP contribution is 2.27. The molecule has 1 N–H and O–H groups in total. The molecule has 0 aliphatic rings. The Morgan fingerprint density at radius 3 is 2.40 bits per heavy atom. The molecule has 162 valence electrons. The van der Waals surface area contributed by atoms with E-state index in [2.05, 4.69) is 36.5 Å². The van der Waals surface area contributed by atoms with Gasteiger partial charge in [-0.05, 0) is 48.9 Å². The molecule has 8 heteroatoms. The molecule has 0 unspecified atom stereocenters. The van der Waals surface area contributed by atoms with Crippen molar-refractivity contribution >= 4 is 38.9 Å². The van der Waals surface area contributed by atoms with Gasteiger partial charge in [-0.3, -0.25) is 9.10 Å². The second-order valence-corrected chi connectivity index (χ2v) is 10.4. The molecule has 1 amide bonds. The number of halogens is 1. The van der Waals surface area contributed by atoms with E-state index < -0.39 is 22.5 Å². The Balaban J connectivity index is 2.11. The van der Waals surface area contributed by atoms with Crippen LogP contribution >= 0.6 is 11.6 Å². The summed E-state index contributed by atoms with van der Waals surface area (Å²) in [6.45, 7) is 7.42. The number of hydrogen-bond donors (Lipinski definition) is 1. The standard InChI is InChI=1S/C22H28ClN3O3S/c1-16-11-12-19(23)13-20(16)26(30(5,28)29)15-21(27)25-24-17(2)14-22(3,4)18-9-7-6-8-10-18/h6-13H,14-15H2,1-5H3,(H,25,27)/b24-17-. The SMILES string of the molecule is C/C(CC(C)(C)c1ccccc1)=N/NC(=O)CN(c1cc(Cl)ccc1C)S(C)(=O)=O. The first-order chi connectivity index (χ1) is 13.9. The normalized spacial score (nSPS) is 12.5. The minimum Gasteiger partial charge on any atom is -0.271 e. The van der Waals surface area contributed by atoms with Crippen LogP contribution in [0, 0.1) is 6.92 Å². The Morgan fingerprint density at radius 2 is 1.80 bits per heavy atom. The van der Waals surface area contributed by atoms with Crippen LogP contribution < -0.4 is 9.73 Å². The van der Waals surface area contributed by atoms with E-state index in [4.69, 9.17) is 11.6 Å². The predicted octanol–water partition coefficient (Wildman–Crippen LogP) is 4.27. The zero-order valence-electron chi connectivity index (χ0n) is 17.9. The van der Waals surface area contributed by atoms with Crippen molar-refractivity contribution < 1.29 is 13.2 Å². The van der Waals surface area contributed by atoms with E-state index in [0.29, 0.717) is 22.7 Å². The van der Waals surface area contributed by atoms with Gasteiger partial charge in [0.1, 0.15) is 6.54 Å². The number of carbonyl (C=O) groups is 1. The summed E-state index contributed by atoms with van der Waals surface area (Å²) in [5, 5.41) is 4.56. The molecule has 0 bridgehead atoms. The average Bonchev–Trinajstić information content (AvgIpc) is 2.66. The number of nitrogens with zero attached hydrogens (tertiary/aromatic N) is 2. The summed E-state index contributed by atoms with van der Waals surface area (Å²) in [7, 11) is -3.69. The van der Waals surface area contributed by atoms with E-state index in [-0.39, 0.29) is 5.41 Å². The molecule has 2 aromatic rings. The first kappa shape index (κ1) is 23.9. The molecule has 0 saturated heterocycles. The number of hydrogen-bond acceptors (Lipinski definition) is 4. The van der Waals surface area contributed by atoms with Crippen LogP contribution in [0.15, 0.2) is 53.6 Å². The maximum Gasteiger partial charge on any atom is 0.260 e. The maximum absolute atomic E-state index is 12.5. The molecule has 0 heterocycles. The van der Waals surface area contributed by atoms with Gasteiger partial charge in [0.15, 0.2) is 0 Å². The van der Waals surface area contributed by atoms with Crippen molar-refractivity contribution in [1.29, 1.82) is 0 Å². The number of amides is 1. The predicted molar refractivity (Wildman–Crippen MR) is 124 cm³/mol. The van der Waals surface area contributed by atoms with Crippen molar-refractivity contribution in [2.45, 2.75) is 39.5 Å². The second-order valence-electron chi connectivity index (χ2n) is 8.01. The van der Waals surface area contributed by atoms with E-state index in [0.717, 1.165) is 16.3 Å². The topological polar surface area (TPSA) is 78.8 Å². The quantitative estimate of drug-likeness (QED) is 0.482. The van der Waals surface area contributed by atoms with Gasteiger partial charge < -0.3 is 0 Å². The van der Waals surface area contributed by atoms with Gasteiger partial charge in [0.05, 0.1) is 11.9 Å². The largest absolute Gasteiger partial charge is 0.271 e. The van der Waals surface area contributed by atoms with Crippen LogP contribution in [-0.2, 0) is 20.2 Å². The Kier molecular flexibility index (Phi) is 7.66. The van der Waals surface area contributed by atoms with Gasteiger partial charge in [0.25, 0.3) is 5.91 Å². The van der Waals surface area contributed by atoms with Gasteiger partial charge in [0.2, 0.25) is 10.0 Å². The molecule has 0 saturated carbocycles. The molecule has 0 aliphatic carbocycles. The molecule has 0 atom stereocenters. The van der Waals surface area contributed by atoms with Crippen LogP contribution in [0.4, 0.5) is 5.69 Å². The van der Waals surface area contributed by atoms with Crippen LogP contribution in [0.3, 0.4) is 0 Å². The van der Waals surface area contributed by atoms with Crippen LogP contribution in [0.2, 0.25) is 5.02 Å². The molecule has 0 fully saturated rings. The number of aryl methyl sites for hydroxylation is 1. The molecule has 0 spiro atoms. The van der Waals surface area contributed by atoms with E-state index in [1.165, 1.54) is 11.6 Å². The lowest BCUT2D eigenvalue weighted by Crippen LogP contribution is -2.39. The van der Waals surface area contributed by atoms with Gasteiger partial charge in [-0.2, -0.15) is 5.10 Å². The van der Waals surface area contributed by atoms with Gasteiger partial charge in [-0.25, -0.2) is 13.8 Å². The Hall–Kier alpha value is -2.38. The molecule has 2 aromatic carbocycles. The van der Waals surface area contributed by atoms with Gasteiger partial charge in [-0.15, -0.1) is 0 Å². The fraction of sp³-hybridized carbons (Fsp3) is 0.364. The van der Waals surface area contributed by atoms with Gasteiger partial charge in [-0.1, -0.05) is 61.8 Å². The smallest absolute Gasteiger partial charge is 0.260 e. The summed E-state index contributed by atoms with van der Waals surface area (Å²) < 4.78 is 25.6. The molecule has 6 nitrogen and oxygen atoms in total. The summed E-state index contributed by atoms with van der Waals surface area (Å²) >= 11 is 6.02. The van der Waals surface area contributed by atoms with Gasteiger partial charge >= 0.3 is 0 Å². The molecular weight excluding hydrogens is 422 g/mol. The highest BCUT2D eigenvalue weighted by atomic mass is 35.5. The van der Waals surface area contributed by atoms with Crippen LogP contribution in [0.1, 0.15) is 38.3 Å². The number of rotatable bonds is 8. The van der Waals surface area contributed by atoms with Crippen molar-refractivity contribution in [3.63, 3.8) is 0 Å². The third-order valence-electron chi connectivity index (χ3n) is 4.75. The molecule has 30 heavy (non-hydrogen) atoms. The Morgan fingerprint density at radius 1 is 1.17 bits per heavy atom. The number of nitrogens with one attached hydrogen (secondary N) is 1. The zero-order valence-corrected chi connectivity index (χ0v) is 19.5. The number of sulfonamides is 1. The first-order valence-corrected chi connectivity index (χ1v) is 11.7. The zero-order chi connectivity index (χ0) is 22.5. The van der Waals surface area contributed by atoms with Crippen LogP contribution in [0.5, 0.6) is 0 Å². The summed E-state index contributed by atoms with van der Waals surface area (Å²) in [6, 6.07) is 15.0. The minimum absolute atomic E-state index is 0.156. The number of carbonyl (C=O) groups excluding carboxylic acids is 1. The average molecular weight is 450 g/mol. The van der Waals surface area contributed by atoms with Crippen molar-refractivity contribution in [2.75, 3.05) is 17.1 Å². The summed E-state index contributed by atoms with van der Waals surface area (Å²) in [5.41, 5.74) is 5.29. The molecule has 0 aromatic heterocycles. The molecule has 0 aliphatic heterocycles. The minimum atomic E-state index is -3.69. The molecule has 2 rings (SSSR count). The third-order valence-corrected chi connectivity index (χ3v) is 6.11. The van der Waals surface area contributed by atoms with E-state index >= 15 is 0 Å².